The summed E-state index contributed by atoms with van der Waals surface area (Å²) < 4.78 is 0. The van der Waals surface area contributed by atoms with Gasteiger partial charge in [0.25, 0.3) is 0 Å². The molecule has 1 aromatic rings. The van der Waals surface area contributed by atoms with Crippen LogP contribution >= 0.6 is 35.6 Å². The van der Waals surface area contributed by atoms with E-state index in [1.807, 2.05) is 13.8 Å². The Morgan fingerprint density at radius 1 is 1.29 bits per heavy atom. The van der Waals surface area contributed by atoms with Gasteiger partial charge in [-0.25, -0.2) is 10.4 Å². The molecule has 0 spiro atoms. The molecular weight excluding hydrogens is 282 g/mol. The minimum atomic E-state index is 0. The van der Waals surface area contributed by atoms with Gasteiger partial charge in [0.05, 0.1) is 10.0 Å². The highest BCUT2D eigenvalue weighted by atomic mass is 35.5. The second-order valence-corrected chi connectivity index (χ2v) is 4.31. The zero-order valence-electron chi connectivity index (χ0n) is 9.50. The molecule has 0 aliphatic carbocycles. The molecule has 17 heavy (non-hydrogen) atoms. The lowest BCUT2D eigenvalue weighted by Crippen LogP contribution is -2.45. The molecule has 0 saturated heterocycles. The maximum atomic E-state index is 5.94. The van der Waals surface area contributed by atoms with Crippen molar-refractivity contribution >= 4 is 47.3 Å². The largest absolute Gasteiger partial charge is 0.369 e. The fourth-order valence-electron chi connectivity index (χ4n) is 0.963. The molecule has 0 aromatic heterocycles. The Bertz CT molecular complexity index is 373. The highest BCUT2D eigenvalue weighted by Crippen LogP contribution is 2.32. The summed E-state index contributed by atoms with van der Waals surface area (Å²) >= 11 is 11.9. The summed E-state index contributed by atoms with van der Waals surface area (Å²) in [6.07, 6.45) is 0. The third kappa shape index (κ3) is 5.46. The molecule has 1 aromatic carbocycles. The van der Waals surface area contributed by atoms with Crippen LogP contribution in [-0.4, -0.2) is 12.0 Å². The molecule has 4 N–H and O–H groups in total. The number of benzene rings is 1. The van der Waals surface area contributed by atoms with Crippen molar-refractivity contribution in [2.24, 2.45) is 10.7 Å². The van der Waals surface area contributed by atoms with Crippen LogP contribution in [0.5, 0.6) is 0 Å². The molecule has 0 aliphatic rings. The molecule has 0 amide bonds. The third-order valence-corrected chi connectivity index (χ3v) is 2.27. The highest BCUT2D eigenvalue weighted by Gasteiger charge is 2.04. The molecule has 0 fully saturated rings. The maximum absolute atomic E-state index is 5.94. The van der Waals surface area contributed by atoms with Crippen molar-refractivity contribution in [3.05, 3.63) is 28.2 Å². The Morgan fingerprint density at radius 2 is 1.82 bits per heavy atom. The van der Waals surface area contributed by atoms with Gasteiger partial charge < -0.3 is 5.73 Å². The van der Waals surface area contributed by atoms with Crippen LogP contribution in [0.4, 0.5) is 5.69 Å². The molecule has 0 heterocycles. The minimum Gasteiger partial charge on any atom is -0.369 e. The van der Waals surface area contributed by atoms with E-state index in [1.165, 1.54) is 0 Å². The Balaban J connectivity index is 0.00000256. The van der Waals surface area contributed by atoms with Crippen molar-refractivity contribution in [2.75, 3.05) is 0 Å². The van der Waals surface area contributed by atoms with Crippen LogP contribution < -0.4 is 16.6 Å². The number of hydrazine groups is 1. The molecular formula is C10H15Cl3N4. The van der Waals surface area contributed by atoms with Crippen molar-refractivity contribution < 1.29 is 0 Å². The minimum absolute atomic E-state index is 0. The van der Waals surface area contributed by atoms with Crippen molar-refractivity contribution in [1.29, 1.82) is 0 Å². The number of aliphatic imine (C=N–C) groups is 1. The summed E-state index contributed by atoms with van der Waals surface area (Å²) in [5, 5.41) is 0.920. The van der Waals surface area contributed by atoms with E-state index >= 15 is 0 Å². The topological polar surface area (TPSA) is 62.4 Å². The van der Waals surface area contributed by atoms with E-state index in [9.17, 15) is 0 Å². The number of rotatable bonds is 3. The molecule has 0 aliphatic heterocycles. The molecule has 1 rings (SSSR count). The number of guanidine groups is 1. The molecule has 0 saturated carbocycles. The molecule has 0 radical (unpaired) electrons. The van der Waals surface area contributed by atoms with Crippen LogP contribution in [-0.2, 0) is 0 Å². The van der Waals surface area contributed by atoms with Gasteiger partial charge in [-0.05, 0) is 26.0 Å². The Kier molecular flexibility index (Phi) is 7.30. The summed E-state index contributed by atoms with van der Waals surface area (Å²) in [5.74, 6) is 0.212. The average Bonchev–Trinajstić information content (AvgIpc) is 2.21. The van der Waals surface area contributed by atoms with Crippen LogP contribution in [0, 0.1) is 0 Å². The van der Waals surface area contributed by atoms with Crippen LogP contribution in [0.2, 0.25) is 10.0 Å². The number of nitrogens with zero attached hydrogens (tertiary/aromatic N) is 1. The highest BCUT2D eigenvalue weighted by molar-refractivity contribution is 6.38. The van der Waals surface area contributed by atoms with Gasteiger partial charge in [0.1, 0.15) is 5.69 Å². The monoisotopic (exact) mass is 296 g/mol. The van der Waals surface area contributed by atoms with Crippen molar-refractivity contribution in [3.63, 3.8) is 0 Å². The van der Waals surface area contributed by atoms with Crippen LogP contribution in [0.25, 0.3) is 0 Å². The SMILES string of the molecule is CC(C)NNC(N)=Nc1c(Cl)cccc1Cl.Cl. The van der Waals surface area contributed by atoms with Gasteiger partial charge in [-0.2, -0.15) is 0 Å². The number of para-hydroxylation sites is 1. The maximum Gasteiger partial charge on any atom is 0.208 e. The first kappa shape index (κ1) is 16.3. The Labute approximate surface area is 117 Å². The molecule has 7 heteroatoms. The fraction of sp³-hybridized carbons (Fsp3) is 0.300. The average molecular weight is 298 g/mol. The number of nitrogens with two attached hydrogens (primary N) is 1. The summed E-state index contributed by atoms with van der Waals surface area (Å²) in [6.45, 7) is 3.95. The molecule has 0 bridgehead atoms. The summed E-state index contributed by atoms with van der Waals surface area (Å²) in [6, 6.07) is 5.40. The molecule has 96 valence electrons. The van der Waals surface area contributed by atoms with Crippen molar-refractivity contribution in [3.8, 4) is 0 Å². The lowest BCUT2D eigenvalue weighted by atomic mass is 10.3. The third-order valence-electron chi connectivity index (χ3n) is 1.66. The van der Waals surface area contributed by atoms with Crippen LogP contribution in [0.1, 0.15) is 13.8 Å². The molecule has 0 atom stereocenters. The lowest BCUT2D eigenvalue weighted by Gasteiger charge is -2.10. The summed E-state index contributed by atoms with van der Waals surface area (Å²) in [4.78, 5) is 4.09. The number of halogens is 3. The Morgan fingerprint density at radius 3 is 2.29 bits per heavy atom. The second-order valence-electron chi connectivity index (χ2n) is 3.49. The van der Waals surface area contributed by atoms with Gasteiger partial charge in [-0.1, -0.05) is 29.3 Å². The van der Waals surface area contributed by atoms with Crippen LogP contribution in [0.3, 0.4) is 0 Å². The smallest absolute Gasteiger partial charge is 0.208 e. The van der Waals surface area contributed by atoms with E-state index in [0.717, 1.165) is 0 Å². The van der Waals surface area contributed by atoms with E-state index < -0.39 is 0 Å². The Hall–Kier alpha value is -0.680. The fourth-order valence-corrected chi connectivity index (χ4v) is 1.44. The first-order valence-electron chi connectivity index (χ1n) is 4.80. The summed E-state index contributed by atoms with van der Waals surface area (Å²) in [7, 11) is 0. The lowest BCUT2D eigenvalue weighted by molar-refractivity contribution is 0.556. The van der Waals surface area contributed by atoms with Gasteiger partial charge in [-0.3, -0.25) is 5.43 Å². The van der Waals surface area contributed by atoms with Gasteiger partial charge in [0.15, 0.2) is 0 Å². The molecule has 0 unspecified atom stereocenters. The van der Waals surface area contributed by atoms with Crippen molar-refractivity contribution in [2.45, 2.75) is 19.9 Å². The zero-order valence-corrected chi connectivity index (χ0v) is 11.8. The number of hydrogen-bond acceptors (Lipinski definition) is 2. The van der Waals surface area contributed by atoms with E-state index in [-0.39, 0.29) is 24.4 Å². The molecule has 4 nitrogen and oxygen atoms in total. The zero-order chi connectivity index (χ0) is 12.1. The number of nitrogens with one attached hydrogen (secondary N) is 2. The predicted octanol–water partition coefficient (Wildman–Crippen LogP) is 2.86. The second kappa shape index (κ2) is 7.61. The van der Waals surface area contributed by atoms with Crippen molar-refractivity contribution in [1.82, 2.24) is 10.9 Å². The van der Waals surface area contributed by atoms with Gasteiger partial charge in [0.2, 0.25) is 5.96 Å². The normalized spacial score (nSPS) is 11.2. The van der Waals surface area contributed by atoms with Gasteiger partial charge >= 0.3 is 0 Å². The first-order valence-corrected chi connectivity index (χ1v) is 5.56. The summed E-state index contributed by atoms with van der Waals surface area (Å²) in [5.41, 5.74) is 11.8. The van der Waals surface area contributed by atoms with Gasteiger partial charge in [0, 0.05) is 6.04 Å². The quantitative estimate of drug-likeness (QED) is 0.457. The van der Waals surface area contributed by atoms with E-state index in [2.05, 4.69) is 15.8 Å². The van der Waals surface area contributed by atoms with E-state index in [0.29, 0.717) is 15.7 Å². The van der Waals surface area contributed by atoms with Gasteiger partial charge in [-0.15, -0.1) is 12.4 Å². The standard InChI is InChI=1S/C10H14Cl2N4.ClH/c1-6(2)15-16-10(13)14-9-7(11)4-3-5-8(9)12;/h3-6,15H,1-2H3,(H3,13,14,16);1H. The van der Waals surface area contributed by atoms with Crippen LogP contribution in [0.15, 0.2) is 23.2 Å². The predicted molar refractivity (Wildman–Crippen MR) is 76.4 cm³/mol. The van der Waals surface area contributed by atoms with E-state index in [1.54, 1.807) is 18.2 Å². The van der Waals surface area contributed by atoms with E-state index in [4.69, 9.17) is 28.9 Å². The number of hydrogen-bond donors (Lipinski definition) is 3. The first-order chi connectivity index (χ1) is 7.50.